The number of aromatic nitrogens is 2. The summed E-state index contributed by atoms with van der Waals surface area (Å²) in [5, 5.41) is 0.477. The summed E-state index contributed by atoms with van der Waals surface area (Å²) < 4.78 is 5.48. The van der Waals surface area contributed by atoms with Crippen molar-refractivity contribution in [1.29, 1.82) is 0 Å². The smallest absolute Gasteiger partial charge is 0.338 e. The number of carbonyl (C=O) groups excluding carboxylic acids is 1. The summed E-state index contributed by atoms with van der Waals surface area (Å²) in [5.41, 5.74) is 1.04. The van der Waals surface area contributed by atoms with Crippen LogP contribution in [0, 0.1) is 11.3 Å². The molecular weight excluding hydrogens is 268 g/mol. The Morgan fingerprint density at radius 3 is 3.14 bits per heavy atom. The molecule has 0 saturated heterocycles. The number of nitrogens with one attached hydrogen (secondary N) is 1. The number of benzene rings is 1. The molecule has 2 aliphatic rings. The average molecular weight is 284 g/mol. The van der Waals surface area contributed by atoms with E-state index >= 15 is 0 Å². The maximum atomic E-state index is 12.2. The number of aromatic amines is 1. The Hall–Kier alpha value is -2.17. The van der Waals surface area contributed by atoms with E-state index in [1.165, 1.54) is 32.0 Å². The Labute approximate surface area is 121 Å². The van der Waals surface area contributed by atoms with Gasteiger partial charge in [0.05, 0.1) is 29.4 Å². The molecule has 2 fully saturated rings. The second kappa shape index (κ2) is 4.41. The van der Waals surface area contributed by atoms with Gasteiger partial charge in [-0.1, -0.05) is 6.42 Å². The fourth-order valence-corrected chi connectivity index (χ4v) is 3.58. The van der Waals surface area contributed by atoms with E-state index < -0.39 is 0 Å². The van der Waals surface area contributed by atoms with Crippen molar-refractivity contribution in [3.05, 3.63) is 40.4 Å². The van der Waals surface area contributed by atoms with Crippen LogP contribution in [0.25, 0.3) is 10.9 Å². The summed E-state index contributed by atoms with van der Waals surface area (Å²) in [5.74, 6) is 0.438. The lowest BCUT2D eigenvalue weighted by molar-refractivity contribution is 0.0410. The van der Waals surface area contributed by atoms with E-state index in [0.717, 1.165) is 5.92 Å². The number of rotatable bonds is 3. The van der Waals surface area contributed by atoms with E-state index in [-0.39, 0.29) is 16.9 Å². The first-order valence-corrected chi connectivity index (χ1v) is 7.33. The second-order valence-electron chi connectivity index (χ2n) is 6.20. The first kappa shape index (κ1) is 12.6. The highest BCUT2D eigenvalue weighted by molar-refractivity contribution is 5.94. The van der Waals surface area contributed by atoms with Crippen molar-refractivity contribution >= 4 is 16.9 Å². The van der Waals surface area contributed by atoms with Gasteiger partial charge in [0, 0.05) is 5.41 Å². The molecule has 1 heterocycles. The summed E-state index contributed by atoms with van der Waals surface area (Å²) in [6.45, 7) is 0.525. The summed E-state index contributed by atoms with van der Waals surface area (Å²) in [7, 11) is 0. The summed E-state index contributed by atoms with van der Waals surface area (Å²) >= 11 is 0. The molecule has 2 aliphatic carbocycles. The molecule has 0 radical (unpaired) electrons. The van der Waals surface area contributed by atoms with Gasteiger partial charge in [-0.05, 0) is 43.4 Å². The molecule has 1 N–H and O–H groups in total. The predicted octanol–water partition coefficient (Wildman–Crippen LogP) is 2.27. The van der Waals surface area contributed by atoms with E-state index in [2.05, 4.69) is 9.97 Å². The van der Waals surface area contributed by atoms with Crippen LogP contribution in [0.4, 0.5) is 0 Å². The molecule has 5 nitrogen and oxygen atoms in total. The van der Waals surface area contributed by atoms with Crippen LogP contribution < -0.4 is 5.56 Å². The van der Waals surface area contributed by atoms with Gasteiger partial charge in [0.15, 0.2) is 0 Å². The maximum Gasteiger partial charge on any atom is 0.338 e. The van der Waals surface area contributed by atoms with Gasteiger partial charge in [-0.15, -0.1) is 0 Å². The summed E-state index contributed by atoms with van der Waals surface area (Å²) in [6, 6.07) is 4.85. The Morgan fingerprint density at radius 2 is 2.38 bits per heavy atom. The molecule has 5 heteroatoms. The third kappa shape index (κ3) is 2.04. The Morgan fingerprint density at radius 1 is 1.48 bits per heavy atom. The van der Waals surface area contributed by atoms with Crippen LogP contribution in [0.15, 0.2) is 29.3 Å². The van der Waals surface area contributed by atoms with Crippen molar-refractivity contribution < 1.29 is 9.53 Å². The van der Waals surface area contributed by atoms with Crippen molar-refractivity contribution in [2.24, 2.45) is 11.3 Å². The molecule has 0 amide bonds. The SMILES string of the molecule is O=C(OC[C@@]12CCC[C@@H]1C2)c1ccc2c(=O)[nH]cnc2c1. The number of ether oxygens (including phenoxy) is 1. The molecule has 1 aromatic carbocycles. The van der Waals surface area contributed by atoms with Crippen LogP contribution in [0.5, 0.6) is 0 Å². The van der Waals surface area contributed by atoms with Crippen molar-refractivity contribution in [2.75, 3.05) is 6.61 Å². The molecule has 2 atom stereocenters. The molecular formula is C16H16N2O3. The van der Waals surface area contributed by atoms with Crippen molar-refractivity contribution in [3.63, 3.8) is 0 Å². The zero-order valence-corrected chi connectivity index (χ0v) is 11.6. The molecule has 21 heavy (non-hydrogen) atoms. The zero-order valence-electron chi connectivity index (χ0n) is 11.6. The van der Waals surface area contributed by atoms with E-state index in [9.17, 15) is 9.59 Å². The van der Waals surface area contributed by atoms with Gasteiger partial charge in [-0.3, -0.25) is 4.79 Å². The topological polar surface area (TPSA) is 72.1 Å². The fraction of sp³-hybridized carbons (Fsp3) is 0.438. The van der Waals surface area contributed by atoms with Gasteiger partial charge in [0.25, 0.3) is 5.56 Å². The van der Waals surface area contributed by atoms with E-state index in [1.807, 2.05) is 0 Å². The molecule has 1 aromatic heterocycles. The minimum Gasteiger partial charge on any atom is -0.461 e. The Kier molecular flexibility index (Phi) is 2.64. The molecule has 4 rings (SSSR count). The molecule has 0 bridgehead atoms. The summed E-state index contributed by atoms with van der Waals surface area (Å²) in [4.78, 5) is 30.3. The van der Waals surface area contributed by atoms with Crippen molar-refractivity contribution in [1.82, 2.24) is 9.97 Å². The highest BCUT2D eigenvalue weighted by Crippen LogP contribution is 2.63. The molecule has 2 aromatic rings. The lowest BCUT2D eigenvalue weighted by Crippen LogP contribution is -2.15. The number of nitrogens with zero attached hydrogens (tertiary/aromatic N) is 1. The number of carbonyl (C=O) groups is 1. The van der Waals surface area contributed by atoms with Gasteiger partial charge >= 0.3 is 5.97 Å². The van der Waals surface area contributed by atoms with Gasteiger partial charge in [-0.2, -0.15) is 0 Å². The number of hydrogen-bond acceptors (Lipinski definition) is 4. The maximum absolute atomic E-state index is 12.2. The minimum absolute atomic E-state index is 0.203. The minimum atomic E-state index is -0.328. The average Bonchev–Trinajstić information content (AvgIpc) is 3.05. The van der Waals surface area contributed by atoms with Crippen molar-refractivity contribution in [3.8, 4) is 0 Å². The normalized spacial score (nSPS) is 26.6. The molecule has 0 aliphatic heterocycles. The highest BCUT2D eigenvalue weighted by atomic mass is 16.5. The number of H-pyrrole nitrogens is 1. The number of esters is 1. The van der Waals surface area contributed by atoms with E-state index in [1.54, 1.807) is 18.2 Å². The Balaban J connectivity index is 1.53. The van der Waals surface area contributed by atoms with Gasteiger partial charge in [0.1, 0.15) is 0 Å². The Bertz CT molecular complexity index is 782. The first-order chi connectivity index (χ1) is 10.2. The van der Waals surface area contributed by atoms with Gasteiger partial charge < -0.3 is 9.72 Å². The predicted molar refractivity (Wildman–Crippen MR) is 77.0 cm³/mol. The van der Waals surface area contributed by atoms with Crippen LogP contribution in [0.2, 0.25) is 0 Å². The fourth-order valence-electron chi connectivity index (χ4n) is 3.58. The number of hydrogen-bond donors (Lipinski definition) is 1. The zero-order chi connectivity index (χ0) is 14.4. The third-order valence-electron chi connectivity index (χ3n) is 4.95. The highest BCUT2D eigenvalue weighted by Gasteiger charge is 2.57. The first-order valence-electron chi connectivity index (χ1n) is 7.33. The third-order valence-corrected chi connectivity index (χ3v) is 4.95. The molecule has 0 spiro atoms. The van der Waals surface area contributed by atoms with Crippen LogP contribution in [0.3, 0.4) is 0 Å². The molecule has 2 saturated carbocycles. The van der Waals surface area contributed by atoms with Crippen LogP contribution >= 0.6 is 0 Å². The molecule has 0 unspecified atom stereocenters. The lowest BCUT2D eigenvalue weighted by Gasteiger charge is -2.12. The number of fused-ring (bicyclic) bond motifs is 2. The van der Waals surface area contributed by atoms with Crippen molar-refractivity contribution in [2.45, 2.75) is 25.7 Å². The van der Waals surface area contributed by atoms with Crippen LogP contribution in [-0.4, -0.2) is 22.5 Å². The standard InChI is InChI=1S/C16H16N2O3/c19-14-12-4-3-10(6-13(12)17-9-18-14)15(20)21-8-16-5-1-2-11(16)7-16/h3-4,6,9,11H,1-2,5,7-8H2,(H,17,18,19)/t11-,16+/m1/s1. The quantitative estimate of drug-likeness (QED) is 0.878. The van der Waals surface area contributed by atoms with Crippen LogP contribution in [0.1, 0.15) is 36.0 Å². The van der Waals surface area contributed by atoms with Crippen LogP contribution in [-0.2, 0) is 4.74 Å². The van der Waals surface area contributed by atoms with E-state index in [4.69, 9.17) is 4.74 Å². The second-order valence-corrected chi connectivity index (χ2v) is 6.20. The summed E-state index contributed by atoms with van der Waals surface area (Å²) in [6.07, 6.45) is 6.26. The largest absolute Gasteiger partial charge is 0.461 e. The van der Waals surface area contributed by atoms with E-state index in [0.29, 0.717) is 23.1 Å². The lowest BCUT2D eigenvalue weighted by atomic mass is 10.1. The van der Waals surface area contributed by atoms with Gasteiger partial charge in [0.2, 0.25) is 0 Å². The monoisotopic (exact) mass is 284 g/mol. The van der Waals surface area contributed by atoms with Gasteiger partial charge in [-0.25, -0.2) is 9.78 Å². The molecule has 108 valence electrons.